The molecule has 0 saturated carbocycles. The zero-order valence-electron chi connectivity index (χ0n) is 9.16. The van der Waals surface area contributed by atoms with Crippen molar-refractivity contribution in [3.05, 3.63) is 0 Å². The molecule has 0 aromatic heterocycles. The normalized spacial score (nSPS) is 32.3. The molecule has 1 aliphatic heterocycles. The Hall–Kier alpha value is -0.120. The Morgan fingerprint density at radius 3 is 2.62 bits per heavy atom. The summed E-state index contributed by atoms with van der Waals surface area (Å²) in [6, 6.07) is 1.37. The van der Waals surface area contributed by atoms with Crippen molar-refractivity contribution in [2.75, 3.05) is 33.2 Å². The minimum atomic E-state index is 0.677. The van der Waals surface area contributed by atoms with Crippen molar-refractivity contribution in [2.24, 2.45) is 5.73 Å². The first-order chi connectivity index (χ1) is 6.19. The summed E-state index contributed by atoms with van der Waals surface area (Å²) in [6.07, 6.45) is 1.13. The summed E-state index contributed by atoms with van der Waals surface area (Å²) >= 11 is 0. The third kappa shape index (κ3) is 2.66. The van der Waals surface area contributed by atoms with Crippen LogP contribution in [-0.4, -0.2) is 55.1 Å². The number of nitrogens with two attached hydrogens (primary N) is 1. The largest absolute Gasteiger partial charge is 0.330 e. The summed E-state index contributed by atoms with van der Waals surface area (Å²) in [4.78, 5) is 4.99. The van der Waals surface area contributed by atoms with Crippen molar-refractivity contribution in [1.82, 2.24) is 9.80 Å². The van der Waals surface area contributed by atoms with E-state index in [4.69, 9.17) is 5.73 Å². The SMILES string of the molecule is CCN1CC(C)N(C)CC1CCN. The van der Waals surface area contributed by atoms with Gasteiger partial charge in [0.05, 0.1) is 0 Å². The Morgan fingerprint density at radius 2 is 2.08 bits per heavy atom. The van der Waals surface area contributed by atoms with Gasteiger partial charge in [0, 0.05) is 25.2 Å². The van der Waals surface area contributed by atoms with E-state index in [1.807, 2.05) is 0 Å². The molecule has 2 N–H and O–H groups in total. The minimum absolute atomic E-state index is 0.677. The van der Waals surface area contributed by atoms with Gasteiger partial charge in [0.25, 0.3) is 0 Å². The maximum atomic E-state index is 5.61. The molecule has 0 spiro atoms. The van der Waals surface area contributed by atoms with Crippen LogP contribution in [0.1, 0.15) is 20.3 Å². The highest BCUT2D eigenvalue weighted by molar-refractivity contribution is 4.84. The van der Waals surface area contributed by atoms with Gasteiger partial charge in [0.2, 0.25) is 0 Å². The van der Waals surface area contributed by atoms with E-state index in [0.717, 1.165) is 19.5 Å². The second-order valence-electron chi connectivity index (χ2n) is 4.11. The molecule has 3 heteroatoms. The quantitative estimate of drug-likeness (QED) is 0.689. The lowest BCUT2D eigenvalue weighted by atomic mass is 10.1. The van der Waals surface area contributed by atoms with Crippen LogP contribution in [-0.2, 0) is 0 Å². The Morgan fingerprint density at radius 1 is 1.38 bits per heavy atom. The van der Waals surface area contributed by atoms with Gasteiger partial charge in [-0.25, -0.2) is 0 Å². The first kappa shape index (κ1) is 11.0. The van der Waals surface area contributed by atoms with Gasteiger partial charge in [0.15, 0.2) is 0 Å². The topological polar surface area (TPSA) is 32.5 Å². The lowest BCUT2D eigenvalue weighted by molar-refractivity contribution is 0.0527. The molecule has 1 heterocycles. The van der Waals surface area contributed by atoms with Crippen molar-refractivity contribution in [2.45, 2.75) is 32.4 Å². The molecule has 13 heavy (non-hydrogen) atoms. The van der Waals surface area contributed by atoms with E-state index in [1.54, 1.807) is 0 Å². The lowest BCUT2D eigenvalue weighted by Gasteiger charge is -2.43. The summed E-state index contributed by atoms with van der Waals surface area (Å²) < 4.78 is 0. The third-order valence-electron chi connectivity index (χ3n) is 3.17. The predicted octanol–water partition coefficient (Wildman–Crippen LogP) is 0.360. The van der Waals surface area contributed by atoms with Gasteiger partial charge in [-0.1, -0.05) is 6.92 Å². The number of nitrogens with zero attached hydrogens (tertiary/aromatic N) is 2. The fourth-order valence-electron chi connectivity index (χ4n) is 2.11. The fourth-order valence-corrected chi connectivity index (χ4v) is 2.11. The minimum Gasteiger partial charge on any atom is -0.330 e. The van der Waals surface area contributed by atoms with Crippen LogP contribution in [0.2, 0.25) is 0 Å². The number of hydrogen-bond donors (Lipinski definition) is 1. The third-order valence-corrected chi connectivity index (χ3v) is 3.17. The molecule has 1 rings (SSSR count). The fraction of sp³-hybridized carbons (Fsp3) is 1.00. The summed E-state index contributed by atoms with van der Waals surface area (Å²) in [5.74, 6) is 0. The van der Waals surface area contributed by atoms with E-state index >= 15 is 0 Å². The highest BCUT2D eigenvalue weighted by Crippen LogP contribution is 2.14. The van der Waals surface area contributed by atoms with E-state index < -0.39 is 0 Å². The standard InChI is InChI=1S/C10H23N3/c1-4-13-7-9(2)12(3)8-10(13)5-6-11/h9-10H,4-8,11H2,1-3H3. The first-order valence-electron chi connectivity index (χ1n) is 5.33. The van der Waals surface area contributed by atoms with Gasteiger partial charge in [-0.3, -0.25) is 4.90 Å². The van der Waals surface area contributed by atoms with Gasteiger partial charge in [-0.05, 0) is 33.5 Å². The molecule has 1 saturated heterocycles. The van der Waals surface area contributed by atoms with Crippen molar-refractivity contribution in [1.29, 1.82) is 0 Å². The molecule has 0 radical (unpaired) electrons. The Labute approximate surface area is 81.9 Å². The van der Waals surface area contributed by atoms with Gasteiger partial charge >= 0.3 is 0 Å². The van der Waals surface area contributed by atoms with Crippen LogP contribution in [0.25, 0.3) is 0 Å². The summed E-state index contributed by atoms with van der Waals surface area (Å²) in [5.41, 5.74) is 5.61. The van der Waals surface area contributed by atoms with Crippen LogP contribution in [0.5, 0.6) is 0 Å². The number of rotatable bonds is 3. The van der Waals surface area contributed by atoms with Crippen LogP contribution in [0.15, 0.2) is 0 Å². The first-order valence-corrected chi connectivity index (χ1v) is 5.33. The Balaban J connectivity index is 2.50. The molecule has 3 nitrogen and oxygen atoms in total. The summed E-state index contributed by atoms with van der Waals surface area (Å²) in [6.45, 7) is 8.86. The van der Waals surface area contributed by atoms with E-state index in [1.165, 1.54) is 13.1 Å². The average molecular weight is 185 g/mol. The Kier molecular flexibility index (Phi) is 4.16. The van der Waals surface area contributed by atoms with E-state index in [0.29, 0.717) is 12.1 Å². The zero-order chi connectivity index (χ0) is 9.84. The molecule has 2 atom stereocenters. The average Bonchev–Trinajstić information content (AvgIpc) is 2.11. The monoisotopic (exact) mass is 185 g/mol. The maximum Gasteiger partial charge on any atom is 0.0235 e. The highest BCUT2D eigenvalue weighted by Gasteiger charge is 2.27. The molecule has 78 valence electrons. The second kappa shape index (κ2) is 4.94. The van der Waals surface area contributed by atoms with Crippen molar-refractivity contribution in [3.8, 4) is 0 Å². The molecular weight excluding hydrogens is 162 g/mol. The number of hydrogen-bond acceptors (Lipinski definition) is 3. The van der Waals surface area contributed by atoms with Crippen LogP contribution in [0, 0.1) is 0 Å². The second-order valence-corrected chi connectivity index (χ2v) is 4.11. The molecular formula is C10H23N3. The summed E-state index contributed by atoms with van der Waals surface area (Å²) in [5, 5.41) is 0. The molecule has 0 aromatic rings. The van der Waals surface area contributed by atoms with E-state index in [-0.39, 0.29) is 0 Å². The van der Waals surface area contributed by atoms with Gasteiger partial charge in [-0.2, -0.15) is 0 Å². The van der Waals surface area contributed by atoms with Crippen molar-refractivity contribution >= 4 is 0 Å². The van der Waals surface area contributed by atoms with Gasteiger partial charge in [-0.15, -0.1) is 0 Å². The van der Waals surface area contributed by atoms with Crippen molar-refractivity contribution < 1.29 is 0 Å². The maximum absolute atomic E-state index is 5.61. The number of likely N-dealkylation sites (N-methyl/N-ethyl adjacent to an activating group) is 2. The van der Waals surface area contributed by atoms with Crippen LogP contribution >= 0.6 is 0 Å². The molecule has 0 aromatic carbocycles. The van der Waals surface area contributed by atoms with E-state index in [2.05, 4.69) is 30.7 Å². The van der Waals surface area contributed by atoms with Crippen molar-refractivity contribution in [3.63, 3.8) is 0 Å². The van der Waals surface area contributed by atoms with Gasteiger partial charge < -0.3 is 10.6 Å². The van der Waals surface area contributed by atoms with Crippen LogP contribution < -0.4 is 5.73 Å². The van der Waals surface area contributed by atoms with Gasteiger partial charge in [0.1, 0.15) is 0 Å². The smallest absolute Gasteiger partial charge is 0.0235 e. The molecule has 0 bridgehead atoms. The van der Waals surface area contributed by atoms with Crippen LogP contribution in [0.4, 0.5) is 0 Å². The van der Waals surface area contributed by atoms with Crippen LogP contribution in [0.3, 0.4) is 0 Å². The zero-order valence-corrected chi connectivity index (χ0v) is 9.16. The number of piperazine rings is 1. The Bertz CT molecular complexity index is 149. The highest BCUT2D eigenvalue weighted by atomic mass is 15.3. The van der Waals surface area contributed by atoms with E-state index in [9.17, 15) is 0 Å². The predicted molar refractivity (Wildman–Crippen MR) is 56.8 cm³/mol. The molecule has 0 aliphatic carbocycles. The molecule has 1 aliphatic rings. The molecule has 1 fully saturated rings. The molecule has 0 amide bonds. The molecule has 2 unspecified atom stereocenters. The lowest BCUT2D eigenvalue weighted by Crippen LogP contribution is -2.56. The summed E-state index contributed by atoms with van der Waals surface area (Å²) in [7, 11) is 2.21.